The van der Waals surface area contributed by atoms with Crippen LogP contribution in [0, 0.1) is 0 Å². The van der Waals surface area contributed by atoms with Crippen LogP contribution in [0.5, 0.6) is 0 Å². The van der Waals surface area contributed by atoms with E-state index in [9.17, 15) is 0 Å². The largest absolute Gasteiger partial charge is 0.308 e. The lowest BCUT2D eigenvalue weighted by Gasteiger charge is -2.10. The van der Waals surface area contributed by atoms with Crippen molar-refractivity contribution in [3.8, 4) is 11.4 Å². The molecule has 0 saturated heterocycles. The van der Waals surface area contributed by atoms with Crippen LogP contribution in [0.3, 0.4) is 0 Å². The van der Waals surface area contributed by atoms with Crippen molar-refractivity contribution in [3.63, 3.8) is 0 Å². The molecule has 0 spiro atoms. The monoisotopic (exact) mass is 345 g/mol. The van der Waals surface area contributed by atoms with Gasteiger partial charge in [0.1, 0.15) is 0 Å². The predicted molar refractivity (Wildman–Crippen MR) is 111 cm³/mol. The van der Waals surface area contributed by atoms with Gasteiger partial charge in [-0.25, -0.2) is 9.97 Å². The molecule has 0 radical (unpaired) electrons. The SMILES string of the molecule is c1cnc(-c2c3ccccc3n3c4ccccc4c4ccccc4c23)nc1. The van der Waals surface area contributed by atoms with Crippen molar-refractivity contribution in [2.24, 2.45) is 0 Å². The molecule has 6 rings (SSSR count). The van der Waals surface area contributed by atoms with Gasteiger partial charge in [-0.15, -0.1) is 0 Å². The molecule has 126 valence electrons. The molecule has 3 heterocycles. The summed E-state index contributed by atoms with van der Waals surface area (Å²) in [6, 6.07) is 27.6. The van der Waals surface area contributed by atoms with E-state index in [0.717, 1.165) is 16.9 Å². The third-order valence-electron chi connectivity index (χ3n) is 5.28. The summed E-state index contributed by atoms with van der Waals surface area (Å²) in [5.41, 5.74) is 4.63. The van der Waals surface area contributed by atoms with Crippen LogP contribution < -0.4 is 0 Å². The zero-order valence-electron chi connectivity index (χ0n) is 14.5. The summed E-state index contributed by atoms with van der Waals surface area (Å²) >= 11 is 0. The Morgan fingerprint density at radius 3 is 1.81 bits per heavy atom. The van der Waals surface area contributed by atoms with Gasteiger partial charge in [-0.2, -0.15) is 0 Å². The van der Waals surface area contributed by atoms with Crippen LogP contribution >= 0.6 is 0 Å². The van der Waals surface area contributed by atoms with Gasteiger partial charge in [0.15, 0.2) is 5.82 Å². The zero-order chi connectivity index (χ0) is 17.8. The second-order valence-corrected chi connectivity index (χ2v) is 6.71. The lowest BCUT2D eigenvalue weighted by molar-refractivity contribution is 1.18. The predicted octanol–water partition coefficient (Wildman–Crippen LogP) is 5.86. The zero-order valence-corrected chi connectivity index (χ0v) is 14.5. The normalized spacial score (nSPS) is 11.7. The molecule has 0 fully saturated rings. The lowest BCUT2D eigenvalue weighted by Crippen LogP contribution is -1.92. The highest BCUT2D eigenvalue weighted by atomic mass is 14.9. The second kappa shape index (κ2) is 5.39. The minimum Gasteiger partial charge on any atom is -0.308 e. The summed E-state index contributed by atoms with van der Waals surface area (Å²) in [6.45, 7) is 0. The van der Waals surface area contributed by atoms with E-state index in [0.29, 0.717) is 0 Å². The Morgan fingerprint density at radius 1 is 0.519 bits per heavy atom. The second-order valence-electron chi connectivity index (χ2n) is 6.71. The van der Waals surface area contributed by atoms with Gasteiger partial charge >= 0.3 is 0 Å². The molecule has 0 amide bonds. The summed E-state index contributed by atoms with van der Waals surface area (Å²) in [6.07, 6.45) is 3.62. The number of nitrogens with zero attached hydrogens (tertiary/aromatic N) is 3. The summed E-state index contributed by atoms with van der Waals surface area (Å²) in [5, 5.41) is 4.89. The summed E-state index contributed by atoms with van der Waals surface area (Å²) in [7, 11) is 0. The molecule has 0 unspecified atom stereocenters. The van der Waals surface area contributed by atoms with Crippen molar-refractivity contribution in [1.82, 2.24) is 14.4 Å². The average molecular weight is 345 g/mol. The fourth-order valence-electron chi connectivity index (χ4n) is 4.22. The number of fused-ring (bicyclic) bond motifs is 8. The first-order chi connectivity index (χ1) is 13.4. The number of para-hydroxylation sites is 2. The molecule has 0 bridgehead atoms. The Balaban J connectivity index is 2.02. The molecule has 0 atom stereocenters. The fraction of sp³-hybridized carbons (Fsp3) is 0. The molecule has 0 N–H and O–H groups in total. The van der Waals surface area contributed by atoms with Gasteiger partial charge in [0.25, 0.3) is 0 Å². The van der Waals surface area contributed by atoms with Crippen molar-refractivity contribution < 1.29 is 0 Å². The molecular formula is C24H15N3. The quantitative estimate of drug-likeness (QED) is 0.350. The molecule has 3 heteroatoms. The maximum atomic E-state index is 4.58. The smallest absolute Gasteiger partial charge is 0.161 e. The van der Waals surface area contributed by atoms with E-state index >= 15 is 0 Å². The third-order valence-corrected chi connectivity index (χ3v) is 5.28. The molecule has 0 aliphatic heterocycles. The maximum Gasteiger partial charge on any atom is 0.161 e. The van der Waals surface area contributed by atoms with Gasteiger partial charge in [0, 0.05) is 28.6 Å². The van der Waals surface area contributed by atoms with E-state index in [4.69, 9.17) is 0 Å². The molecule has 0 aliphatic carbocycles. The first kappa shape index (κ1) is 14.4. The Bertz CT molecular complexity index is 1460. The first-order valence-electron chi connectivity index (χ1n) is 9.03. The van der Waals surface area contributed by atoms with Crippen molar-refractivity contribution in [3.05, 3.63) is 91.3 Å². The number of benzene rings is 3. The van der Waals surface area contributed by atoms with Crippen LogP contribution in [0.15, 0.2) is 91.3 Å². The summed E-state index contributed by atoms with van der Waals surface area (Å²) < 4.78 is 2.36. The van der Waals surface area contributed by atoms with Crippen LogP contribution in [-0.4, -0.2) is 14.4 Å². The van der Waals surface area contributed by atoms with E-state index in [-0.39, 0.29) is 0 Å². The molecule has 3 nitrogen and oxygen atoms in total. The molecule has 3 aromatic heterocycles. The van der Waals surface area contributed by atoms with Gasteiger partial charge < -0.3 is 4.40 Å². The fourth-order valence-corrected chi connectivity index (χ4v) is 4.22. The van der Waals surface area contributed by atoms with Crippen LogP contribution in [0.1, 0.15) is 0 Å². The topological polar surface area (TPSA) is 30.2 Å². The van der Waals surface area contributed by atoms with E-state index in [1.807, 2.05) is 18.5 Å². The maximum absolute atomic E-state index is 4.58. The van der Waals surface area contributed by atoms with Crippen molar-refractivity contribution in [2.45, 2.75) is 0 Å². The van der Waals surface area contributed by atoms with Gasteiger partial charge in [0.05, 0.1) is 22.1 Å². The Hall–Kier alpha value is -3.72. The number of pyridine rings is 1. The lowest BCUT2D eigenvalue weighted by atomic mass is 10.0. The highest BCUT2D eigenvalue weighted by molar-refractivity contribution is 6.21. The van der Waals surface area contributed by atoms with Gasteiger partial charge in [-0.05, 0) is 23.6 Å². The van der Waals surface area contributed by atoms with E-state index in [1.54, 1.807) is 0 Å². The molecule has 27 heavy (non-hydrogen) atoms. The van der Waals surface area contributed by atoms with Gasteiger partial charge in [-0.3, -0.25) is 0 Å². The number of hydrogen-bond acceptors (Lipinski definition) is 2. The van der Waals surface area contributed by atoms with Gasteiger partial charge in [0.2, 0.25) is 0 Å². The minimum atomic E-state index is 0.761. The number of rotatable bonds is 1. The van der Waals surface area contributed by atoms with Crippen molar-refractivity contribution in [2.75, 3.05) is 0 Å². The van der Waals surface area contributed by atoms with E-state index in [1.165, 1.54) is 32.6 Å². The Labute approximate surface area is 155 Å². The van der Waals surface area contributed by atoms with E-state index in [2.05, 4.69) is 87.2 Å². The van der Waals surface area contributed by atoms with Gasteiger partial charge in [-0.1, -0.05) is 60.7 Å². The Kier molecular flexibility index (Phi) is 2.88. The molecule has 3 aromatic carbocycles. The van der Waals surface area contributed by atoms with Crippen LogP contribution in [0.2, 0.25) is 0 Å². The van der Waals surface area contributed by atoms with Crippen LogP contribution in [0.25, 0.3) is 49.5 Å². The van der Waals surface area contributed by atoms with E-state index < -0.39 is 0 Å². The average Bonchev–Trinajstić information content (AvgIpc) is 3.10. The number of aromatic nitrogens is 3. The molecule has 0 aliphatic rings. The highest BCUT2D eigenvalue weighted by Crippen LogP contribution is 2.40. The Morgan fingerprint density at radius 2 is 1.07 bits per heavy atom. The van der Waals surface area contributed by atoms with Crippen molar-refractivity contribution >= 4 is 38.1 Å². The highest BCUT2D eigenvalue weighted by Gasteiger charge is 2.19. The molecular weight excluding hydrogens is 330 g/mol. The first-order valence-corrected chi connectivity index (χ1v) is 9.03. The third kappa shape index (κ3) is 1.91. The minimum absolute atomic E-state index is 0.761. The van der Waals surface area contributed by atoms with Crippen LogP contribution in [-0.2, 0) is 0 Å². The summed E-state index contributed by atoms with van der Waals surface area (Å²) in [5.74, 6) is 0.761. The van der Waals surface area contributed by atoms with Crippen molar-refractivity contribution in [1.29, 1.82) is 0 Å². The standard InChI is InChI=1S/C24H15N3/c1-2-10-18-16(8-1)17-9-3-5-12-20(17)27-21-13-6-4-11-19(21)22(23(18)27)24-25-14-7-15-26-24/h1-15H. The molecule has 0 saturated carbocycles. The molecule has 6 aromatic rings. The number of hydrogen-bond donors (Lipinski definition) is 0. The van der Waals surface area contributed by atoms with Crippen LogP contribution in [0.4, 0.5) is 0 Å². The summed E-state index contributed by atoms with van der Waals surface area (Å²) in [4.78, 5) is 9.17.